The molecular formula is C26H41BrN2O6. The second-order valence-electron chi connectivity index (χ2n) is 10.2. The number of carbonyl (C=O) groups is 3. The first-order valence-corrected chi connectivity index (χ1v) is 13.9. The van der Waals surface area contributed by atoms with Crippen LogP contribution in [0.3, 0.4) is 0 Å². The average molecular weight is 558 g/mol. The van der Waals surface area contributed by atoms with E-state index in [1.54, 1.807) is 22.8 Å². The standard InChI is InChI=1S/C26H41BrN2O6/c1-7-11-16(6)28(12-8-2)24(32)22-26-13-17(27)21(35-26)19(25(33)34-10-4)20(26)23(31)29(22)18(14-30)15(5)9-3/h8,15-22,30H,2,7,9-14H2,1,3-6H3/t15-,16?,17?,18-,19+,20-,21+,22+,26-/m0/s1. The van der Waals surface area contributed by atoms with Gasteiger partial charge in [0.05, 0.1) is 37.2 Å². The van der Waals surface area contributed by atoms with E-state index in [0.717, 1.165) is 19.3 Å². The minimum absolute atomic E-state index is 0.0478. The summed E-state index contributed by atoms with van der Waals surface area (Å²) in [7, 11) is 0. The number of carbonyl (C=O) groups excluding carboxylic acids is 3. The second-order valence-corrected chi connectivity index (χ2v) is 11.4. The summed E-state index contributed by atoms with van der Waals surface area (Å²) in [6, 6.07) is -1.56. The largest absolute Gasteiger partial charge is 0.466 e. The molecule has 0 aromatic carbocycles. The van der Waals surface area contributed by atoms with Crippen LogP contribution in [0.25, 0.3) is 0 Å². The molecule has 2 amide bonds. The SMILES string of the molecule is C=CCN(C(=O)[C@H]1N([C@@H](CO)[C@@H](C)CC)C(=O)[C@@H]2[C@@H](C(=O)OCC)[C@@H]3O[C@@]21CC3Br)C(C)CCC. The molecule has 3 saturated heterocycles. The molecule has 3 aliphatic heterocycles. The smallest absolute Gasteiger partial charge is 0.312 e. The summed E-state index contributed by atoms with van der Waals surface area (Å²) in [6.45, 7) is 13.9. The molecule has 0 saturated carbocycles. The van der Waals surface area contributed by atoms with Crippen molar-refractivity contribution in [2.45, 2.75) is 95.0 Å². The van der Waals surface area contributed by atoms with Crippen LogP contribution in [0.15, 0.2) is 12.7 Å². The number of aliphatic hydroxyl groups is 1. The van der Waals surface area contributed by atoms with Crippen LogP contribution < -0.4 is 0 Å². The maximum atomic E-state index is 14.4. The summed E-state index contributed by atoms with van der Waals surface area (Å²) < 4.78 is 11.9. The maximum absolute atomic E-state index is 14.4. The molecule has 9 atom stereocenters. The molecule has 1 spiro atoms. The third-order valence-electron chi connectivity index (χ3n) is 8.21. The Bertz CT molecular complexity index is 824. The van der Waals surface area contributed by atoms with Gasteiger partial charge in [0.15, 0.2) is 0 Å². The molecule has 3 fully saturated rings. The number of ether oxygens (including phenoxy) is 2. The van der Waals surface area contributed by atoms with Crippen molar-refractivity contribution in [2.75, 3.05) is 19.8 Å². The third-order valence-corrected chi connectivity index (χ3v) is 9.06. The van der Waals surface area contributed by atoms with Gasteiger partial charge in [0.2, 0.25) is 11.8 Å². The predicted molar refractivity (Wildman–Crippen MR) is 136 cm³/mol. The molecule has 2 bridgehead atoms. The highest BCUT2D eigenvalue weighted by molar-refractivity contribution is 9.09. The molecule has 0 aromatic rings. The van der Waals surface area contributed by atoms with Crippen LogP contribution in [-0.2, 0) is 23.9 Å². The Morgan fingerprint density at radius 3 is 2.60 bits per heavy atom. The molecule has 3 rings (SSSR count). The highest BCUT2D eigenvalue weighted by atomic mass is 79.9. The zero-order chi connectivity index (χ0) is 26.1. The van der Waals surface area contributed by atoms with Crippen molar-refractivity contribution >= 4 is 33.7 Å². The first kappa shape index (κ1) is 28.1. The summed E-state index contributed by atoms with van der Waals surface area (Å²) in [5, 5.41) is 10.4. The van der Waals surface area contributed by atoms with E-state index in [4.69, 9.17) is 9.47 Å². The van der Waals surface area contributed by atoms with Crippen molar-refractivity contribution in [3.63, 3.8) is 0 Å². The maximum Gasteiger partial charge on any atom is 0.312 e. The Balaban J connectivity index is 2.15. The van der Waals surface area contributed by atoms with Crippen LogP contribution in [0.5, 0.6) is 0 Å². The van der Waals surface area contributed by atoms with Gasteiger partial charge in [-0.3, -0.25) is 14.4 Å². The van der Waals surface area contributed by atoms with Gasteiger partial charge in [-0.15, -0.1) is 6.58 Å². The van der Waals surface area contributed by atoms with Crippen LogP contribution in [0, 0.1) is 17.8 Å². The second kappa shape index (κ2) is 11.3. The van der Waals surface area contributed by atoms with Crippen LogP contribution >= 0.6 is 15.9 Å². The number of aliphatic hydroxyl groups excluding tert-OH is 1. The normalized spacial score (nSPS) is 33.9. The Labute approximate surface area is 217 Å². The number of likely N-dealkylation sites (tertiary alicyclic amines) is 1. The molecule has 3 heterocycles. The lowest BCUT2D eigenvalue weighted by atomic mass is 9.70. The average Bonchev–Trinajstić information content (AvgIpc) is 3.41. The summed E-state index contributed by atoms with van der Waals surface area (Å²) in [6.07, 6.45) is 4.02. The number of rotatable bonds is 12. The van der Waals surface area contributed by atoms with E-state index < -0.39 is 41.6 Å². The van der Waals surface area contributed by atoms with Gasteiger partial charge in [0.1, 0.15) is 11.6 Å². The molecule has 0 aromatic heterocycles. The van der Waals surface area contributed by atoms with E-state index in [9.17, 15) is 19.5 Å². The van der Waals surface area contributed by atoms with Crippen molar-refractivity contribution in [3.8, 4) is 0 Å². The summed E-state index contributed by atoms with van der Waals surface area (Å²) in [4.78, 5) is 44.7. The zero-order valence-electron chi connectivity index (χ0n) is 21.6. The van der Waals surface area contributed by atoms with E-state index in [1.165, 1.54) is 0 Å². The van der Waals surface area contributed by atoms with E-state index in [0.29, 0.717) is 13.0 Å². The van der Waals surface area contributed by atoms with Crippen LogP contribution in [-0.4, -0.2) is 87.1 Å². The van der Waals surface area contributed by atoms with Gasteiger partial charge in [-0.05, 0) is 32.6 Å². The van der Waals surface area contributed by atoms with Gasteiger partial charge in [-0.25, -0.2) is 0 Å². The topological polar surface area (TPSA) is 96.4 Å². The number of halogens is 1. The number of hydrogen-bond donors (Lipinski definition) is 1. The van der Waals surface area contributed by atoms with Gasteiger partial charge in [0, 0.05) is 17.4 Å². The molecule has 0 radical (unpaired) electrons. The third kappa shape index (κ3) is 4.57. The number of amides is 2. The Morgan fingerprint density at radius 1 is 1.37 bits per heavy atom. The first-order valence-electron chi connectivity index (χ1n) is 13.0. The number of fused-ring (bicyclic) bond motifs is 1. The lowest BCUT2D eigenvalue weighted by Gasteiger charge is -2.42. The van der Waals surface area contributed by atoms with E-state index in [2.05, 4.69) is 29.4 Å². The number of hydrogen-bond acceptors (Lipinski definition) is 6. The van der Waals surface area contributed by atoms with Gasteiger partial charge in [0.25, 0.3) is 0 Å². The quantitative estimate of drug-likeness (QED) is 0.225. The fourth-order valence-corrected chi connectivity index (χ4v) is 7.33. The van der Waals surface area contributed by atoms with Crippen molar-refractivity contribution in [1.82, 2.24) is 9.80 Å². The highest BCUT2D eigenvalue weighted by Crippen LogP contribution is 2.61. The van der Waals surface area contributed by atoms with Crippen LogP contribution in [0.2, 0.25) is 0 Å². The Morgan fingerprint density at radius 2 is 2.06 bits per heavy atom. The summed E-state index contributed by atoms with van der Waals surface area (Å²) in [5.41, 5.74) is -1.16. The Kier molecular flexibility index (Phi) is 9.08. The molecule has 3 aliphatic rings. The van der Waals surface area contributed by atoms with Crippen LogP contribution in [0.4, 0.5) is 0 Å². The first-order chi connectivity index (χ1) is 16.6. The number of esters is 1. The lowest BCUT2D eigenvalue weighted by Crippen LogP contribution is -2.61. The molecule has 2 unspecified atom stereocenters. The van der Waals surface area contributed by atoms with E-state index in [1.807, 2.05) is 20.8 Å². The van der Waals surface area contributed by atoms with Crippen molar-refractivity contribution in [3.05, 3.63) is 12.7 Å². The van der Waals surface area contributed by atoms with E-state index >= 15 is 0 Å². The minimum Gasteiger partial charge on any atom is -0.466 e. The highest BCUT2D eigenvalue weighted by Gasteiger charge is 2.77. The fourth-order valence-electron chi connectivity index (χ4n) is 6.38. The molecule has 0 aliphatic carbocycles. The molecule has 198 valence electrons. The van der Waals surface area contributed by atoms with E-state index in [-0.39, 0.29) is 41.8 Å². The number of nitrogens with zero attached hydrogens (tertiary/aromatic N) is 2. The summed E-state index contributed by atoms with van der Waals surface area (Å²) >= 11 is 3.67. The lowest BCUT2D eigenvalue weighted by molar-refractivity contribution is -0.157. The van der Waals surface area contributed by atoms with Crippen LogP contribution in [0.1, 0.15) is 60.3 Å². The molecule has 1 N–H and O–H groups in total. The Hall–Kier alpha value is -1.45. The number of alkyl halides is 1. The monoisotopic (exact) mass is 556 g/mol. The summed E-state index contributed by atoms with van der Waals surface area (Å²) in [5.74, 6) is -2.65. The minimum atomic E-state index is -1.16. The van der Waals surface area contributed by atoms with Gasteiger partial charge in [-0.1, -0.05) is 55.6 Å². The van der Waals surface area contributed by atoms with Gasteiger partial charge in [-0.2, -0.15) is 0 Å². The molecular weight excluding hydrogens is 516 g/mol. The van der Waals surface area contributed by atoms with Crippen molar-refractivity contribution in [2.24, 2.45) is 17.8 Å². The molecule has 35 heavy (non-hydrogen) atoms. The zero-order valence-corrected chi connectivity index (χ0v) is 23.2. The fraction of sp³-hybridized carbons (Fsp3) is 0.808. The molecule has 9 heteroatoms. The predicted octanol–water partition coefficient (Wildman–Crippen LogP) is 2.91. The van der Waals surface area contributed by atoms with Gasteiger partial charge < -0.3 is 24.4 Å². The molecule has 8 nitrogen and oxygen atoms in total. The van der Waals surface area contributed by atoms with Gasteiger partial charge >= 0.3 is 5.97 Å². The van der Waals surface area contributed by atoms with Crippen molar-refractivity contribution < 1.29 is 29.0 Å². The van der Waals surface area contributed by atoms with Crippen molar-refractivity contribution in [1.29, 1.82) is 0 Å².